The normalized spacial score (nSPS) is 10.0. The molecule has 0 rings (SSSR count). The highest BCUT2D eigenvalue weighted by Crippen LogP contribution is 2.11. The van der Waals surface area contributed by atoms with Crippen molar-refractivity contribution in [3.05, 3.63) is 0 Å². The van der Waals surface area contributed by atoms with Crippen LogP contribution in [0.4, 0.5) is 13.2 Å². The van der Waals surface area contributed by atoms with E-state index in [9.17, 15) is 13.2 Å². The van der Waals surface area contributed by atoms with Crippen molar-refractivity contribution in [3.8, 4) is 11.8 Å². The fourth-order valence-electron chi connectivity index (χ4n) is 0.151. The Balaban J connectivity index is 3.69. The van der Waals surface area contributed by atoms with Gasteiger partial charge in [0.1, 0.15) is 0 Å². The van der Waals surface area contributed by atoms with Crippen molar-refractivity contribution in [3.63, 3.8) is 0 Å². The Kier molecular flexibility index (Phi) is 2.35. The number of alkyl halides is 3. The summed E-state index contributed by atoms with van der Waals surface area (Å²) in [6.45, 7) is -0.250. The van der Waals surface area contributed by atoms with E-state index in [1.165, 1.54) is 0 Å². The van der Waals surface area contributed by atoms with E-state index in [-0.39, 0.29) is 6.54 Å². The summed E-state index contributed by atoms with van der Waals surface area (Å²) in [6.07, 6.45) is -4.39. The molecule has 0 spiro atoms. The van der Waals surface area contributed by atoms with Crippen molar-refractivity contribution in [2.45, 2.75) is 6.18 Å². The van der Waals surface area contributed by atoms with Crippen LogP contribution in [0.15, 0.2) is 0 Å². The van der Waals surface area contributed by atoms with E-state index >= 15 is 0 Å². The highest BCUT2D eigenvalue weighted by atomic mass is 19.4. The first kappa shape index (κ1) is 7.31. The van der Waals surface area contributed by atoms with Gasteiger partial charge in [-0.15, -0.1) is 0 Å². The van der Waals surface area contributed by atoms with Gasteiger partial charge in [0.25, 0.3) is 0 Å². The van der Waals surface area contributed by atoms with Crippen molar-refractivity contribution in [2.24, 2.45) is 5.73 Å². The highest BCUT2D eigenvalue weighted by Gasteiger charge is 2.22. The fraction of sp³-hybridized carbons (Fsp3) is 0.500. The maximum Gasteiger partial charge on any atom is 0.457 e. The van der Waals surface area contributed by atoms with Crippen LogP contribution in [0.5, 0.6) is 0 Å². The lowest BCUT2D eigenvalue weighted by Gasteiger charge is -1.90. The SMILES string of the molecule is NCC#CC(F)(F)F. The van der Waals surface area contributed by atoms with Gasteiger partial charge in [0.15, 0.2) is 0 Å². The summed E-state index contributed by atoms with van der Waals surface area (Å²) in [7, 11) is 0. The van der Waals surface area contributed by atoms with Gasteiger partial charge in [-0.1, -0.05) is 5.92 Å². The molecule has 8 heavy (non-hydrogen) atoms. The number of hydrogen-bond donors (Lipinski definition) is 1. The topological polar surface area (TPSA) is 26.0 Å². The highest BCUT2D eigenvalue weighted by molar-refractivity contribution is 5.05. The largest absolute Gasteiger partial charge is 0.457 e. The van der Waals surface area contributed by atoms with Crippen LogP contribution >= 0.6 is 0 Å². The molecule has 0 atom stereocenters. The predicted octanol–water partition coefficient (Wildman–Crippen LogP) is 0.511. The maximum absolute atomic E-state index is 11.0. The lowest BCUT2D eigenvalue weighted by molar-refractivity contribution is -0.0697. The van der Waals surface area contributed by atoms with Crippen LogP contribution in [-0.4, -0.2) is 12.7 Å². The number of halogens is 3. The molecule has 2 N–H and O–H groups in total. The Morgan fingerprint density at radius 2 is 1.88 bits per heavy atom. The smallest absolute Gasteiger partial charge is 0.320 e. The van der Waals surface area contributed by atoms with Gasteiger partial charge in [-0.2, -0.15) is 13.2 Å². The Labute approximate surface area is 44.7 Å². The zero-order valence-electron chi connectivity index (χ0n) is 3.92. The molecule has 0 saturated carbocycles. The minimum atomic E-state index is -4.39. The maximum atomic E-state index is 11.0. The van der Waals surface area contributed by atoms with Crippen molar-refractivity contribution in [1.29, 1.82) is 0 Å². The first-order valence-electron chi connectivity index (χ1n) is 1.83. The fourth-order valence-corrected chi connectivity index (χ4v) is 0.151. The van der Waals surface area contributed by atoms with E-state index in [1.54, 1.807) is 5.92 Å². The third-order valence-electron chi connectivity index (χ3n) is 0.332. The summed E-state index contributed by atoms with van der Waals surface area (Å²) in [4.78, 5) is 0. The minimum Gasteiger partial charge on any atom is -0.320 e. The van der Waals surface area contributed by atoms with Crippen LogP contribution in [0, 0.1) is 11.8 Å². The second kappa shape index (κ2) is 2.58. The van der Waals surface area contributed by atoms with Crippen molar-refractivity contribution in [1.82, 2.24) is 0 Å². The average Bonchev–Trinajstić information content (AvgIpc) is 1.59. The zero-order chi connectivity index (χ0) is 6.62. The number of rotatable bonds is 0. The Morgan fingerprint density at radius 1 is 1.38 bits per heavy atom. The monoisotopic (exact) mass is 123 g/mol. The molecule has 0 aliphatic heterocycles. The van der Waals surface area contributed by atoms with Gasteiger partial charge in [-0.05, 0) is 0 Å². The lowest BCUT2D eigenvalue weighted by Crippen LogP contribution is -2.03. The summed E-state index contributed by atoms with van der Waals surface area (Å²) in [6, 6.07) is 0. The van der Waals surface area contributed by atoms with Gasteiger partial charge in [-0.3, -0.25) is 0 Å². The molecule has 0 heterocycles. The molecule has 0 aromatic carbocycles. The molecule has 0 unspecified atom stereocenters. The van der Waals surface area contributed by atoms with E-state index in [4.69, 9.17) is 0 Å². The molecule has 0 aromatic rings. The van der Waals surface area contributed by atoms with E-state index in [0.29, 0.717) is 0 Å². The van der Waals surface area contributed by atoms with E-state index in [1.807, 2.05) is 0 Å². The second-order valence-corrected chi connectivity index (χ2v) is 1.00. The molecule has 0 fully saturated rings. The van der Waals surface area contributed by atoms with Crippen LogP contribution < -0.4 is 5.73 Å². The summed E-state index contributed by atoms with van der Waals surface area (Å²) < 4.78 is 33.0. The van der Waals surface area contributed by atoms with Gasteiger partial charge in [0, 0.05) is 5.92 Å². The molecule has 0 aromatic heterocycles. The number of hydrogen-bond acceptors (Lipinski definition) is 1. The summed E-state index contributed by atoms with van der Waals surface area (Å²) in [5.74, 6) is 2.69. The van der Waals surface area contributed by atoms with E-state index in [0.717, 1.165) is 5.92 Å². The number of nitrogens with two attached hydrogens (primary N) is 1. The van der Waals surface area contributed by atoms with Gasteiger partial charge in [-0.25, -0.2) is 0 Å². The first-order valence-corrected chi connectivity index (χ1v) is 1.83. The Bertz CT molecular complexity index is 115. The van der Waals surface area contributed by atoms with Crippen LogP contribution in [0.2, 0.25) is 0 Å². The van der Waals surface area contributed by atoms with Crippen LogP contribution in [0.1, 0.15) is 0 Å². The third kappa shape index (κ3) is 5.31. The molecule has 1 nitrogen and oxygen atoms in total. The van der Waals surface area contributed by atoms with Crippen LogP contribution in [0.25, 0.3) is 0 Å². The molecule has 0 amide bonds. The van der Waals surface area contributed by atoms with E-state index < -0.39 is 6.18 Å². The predicted molar refractivity (Wildman–Crippen MR) is 22.9 cm³/mol. The summed E-state index contributed by atoms with van der Waals surface area (Å²) in [5, 5.41) is 0. The zero-order valence-corrected chi connectivity index (χ0v) is 3.92. The molecular formula is C4H4F3N. The van der Waals surface area contributed by atoms with Gasteiger partial charge in [0.2, 0.25) is 0 Å². The summed E-state index contributed by atoms with van der Waals surface area (Å²) in [5.41, 5.74) is 4.66. The average molecular weight is 123 g/mol. The first-order chi connectivity index (χ1) is 3.56. The second-order valence-electron chi connectivity index (χ2n) is 1.00. The van der Waals surface area contributed by atoms with Crippen molar-refractivity contribution < 1.29 is 13.2 Å². The standard InChI is InChI=1S/C4H4F3N/c5-4(6,7)2-1-3-8/h3,8H2. The molecule has 0 saturated heterocycles. The Morgan fingerprint density at radius 3 is 2.00 bits per heavy atom. The molecule has 0 aliphatic rings. The van der Waals surface area contributed by atoms with Crippen LogP contribution in [0.3, 0.4) is 0 Å². The van der Waals surface area contributed by atoms with Gasteiger partial charge >= 0.3 is 6.18 Å². The lowest BCUT2D eigenvalue weighted by atomic mass is 10.6. The molecule has 0 radical (unpaired) electrons. The van der Waals surface area contributed by atoms with Gasteiger partial charge in [0.05, 0.1) is 6.54 Å². The third-order valence-corrected chi connectivity index (χ3v) is 0.332. The summed E-state index contributed by atoms with van der Waals surface area (Å²) >= 11 is 0. The van der Waals surface area contributed by atoms with Gasteiger partial charge < -0.3 is 5.73 Å². The van der Waals surface area contributed by atoms with Crippen molar-refractivity contribution in [2.75, 3.05) is 6.54 Å². The molecule has 4 heteroatoms. The molecular weight excluding hydrogens is 119 g/mol. The Hall–Kier alpha value is -0.690. The quantitative estimate of drug-likeness (QED) is 0.466. The van der Waals surface area contributed by atoms with Crippen LogP contribution in [-0.2, 0) is 0 Å². The molecule has 0 bridgehead atoms. The minimum absolute atomic E-state index is 0.250. The van der Waals surface area contributed by atoms with Crippen molar-refractivity contribution >= 4 is 0 Å². The van der Waals surface area contributed by atoms with E-state index in [2.05, 4.69) is 5.73 Å². The molecule has 0 aliphatic carbocycles. The molecule has 46 valence electrons.